The fraction of sp³-hybridized carbons (Fsp3) is 0.583. The average molecular weight is 194 g/mol. The fourth-order valence-electron chi connectivity index (χ4n) is 1.97. The van der Waals surface area contributed by atoms with E-state index >= 15 is 0 Å². The number of aldehydes is 1. The maximum Gasteiger partial charge on any atom is 0.146 e. The first-order valence-corrected chi connectivity index (χ1v) is 5.18. The largest absolute Gasteiger partial charge is 0.392 e. The standard InChI is InChI=1S/C12H18O2/c1-3-10-4-5-11(7-13)12(8-14)9(2)6-10/h4,7,9,14H,3,5-6,8H2,1-2H3. The van der Waals surface area contributed by atoms with Gasteiger partial charge in [0, 0.05) is 0 Å². The predicted octanol–water partition coefficient (Wildman–Crippen LogP) is 2.24. The molecule has 2 nitrogen and oxygen atoms in total. The highest BCUT2D eigenvalue weighted by atomic mass is 16.3. The van der Waals surface area contributed by atoms with Crippen molar-refractivity contribution >= 4 is 6.29 Å². The molecule has 78 valence electrons. The van der Waals surface area contributed by atoms with Crippen molar-refractivity contribution in [1.82, 2.24) is 0 Å². The topological polar surface area (TPSA) is 37.3 Å². The molecule has 0 saturated carbocycles. The number of aliphatic hydroxyl groups excluding tert-OH is 1. The Morgan fingerprint density at radius 3 is 2.86 bits per heavy atom. The Bertz CT molecular complexity index is 274. The smallest absolute Gasteiger partial charge is 0.146 e. The molecule has 0 aromatic rings. The quantitative estimate of drug-likeness (QED) is 0.552. The van der Waals surface area contributed by atoms with Crippen molar-refractivity contribution in [2.75, 3.05) is 6.61 Å². The predicted molar refractivity (Wildman–Crippen MR) is 56.9 cm³/mol. The van der Waals surface area contributed by atoms with E-state index in [2.05, 4.69) is 19.9 Å². The van der Waals surface area contributed by atoms with Crippen molar-refractivity contribution < 1.29 is 9.90 Å². The Kier molecular flexibility index (Phi) is 4.08. The minimum atomic E-state index is 0.0140. The van der Waals surface area contributed by atoms with Gasteiger partial charge in [-0.05, 0) is 36.3 Å². The van der Waals surface area contributed by atoms with Gasteiger partial charge >= 0.3 is 0 Å². The molecule has 1 aliphatic carbocycles. The zero-order valence-corrected chi connectivity index (χ0v) is 8.92. The van der Waals surface area contributed by atoms with Crippen LogP contribution in [0.2, 0.25) is 0 Å². The van der Waals surface area contributed by atoms with E-state index in [9.17, 15) is 9.90 Å². The summed E-state index contributed by atoms with van der Waals surface area (Å²) in [7, 11) is 0. The molecule has 0 amide bonds. The van der Waals surface area contributed by atoms with Crippen LogP contribution in [0.4, 0.5) is 0 Å². The summed E-state index contributed by atoms with van der Waals surface area (Å²) in [6, 6.07) is 0. The van der Waals surface area contributed by atoms with Gasteiger partial charge < -0.3 is 5.11 Å². The lowest BCUT2D eigenvalue weighted by atomic mass is 9.92. The highest BCUT2D eigenvalue weighted by Crippen LogP contribution is 2.28. The van der Waals surface area contributed by atoms with Crippen molar-refractivity contribution in [2.45, 2.75) is 33.1 Å². The van der Waals surface area contributed by atoms with Crippen molar-refractivity contribution in [3.05, 3.63) is 22.8 Å². The van der Waals surface area contributed by atoms with E-state index in [1.807, 2.05) is 0 Å². The first kappa shape index (κ1) is 11.2. The van der Waals surface area contributed by atoms with Gasteiger partial charge in [-0.1, -0.05) is 25.5 Å². The molecule has 0 radical (unpaired) electrons. The van der Waals surface area contributed by atoms with Crippen LogP contribution in [0.25, 0.3) is 0 Å². The Labute approximate surface area is 85.3 Å². The lowest BCUT2D eigenvalue weighted by molar-refractivity contribution is -0.105. The highest BCUT2D eigenvalue weighted by molar-refractivity contribution is 5.75. The minimum Gasteiger partial charge on any atom is -0.392 e. The monoisotopic (exact) mass is 194 g/mol. The van der Waals surface area contributed by atoms with Crippen LogP contribution in [0.15, 0.2) is 22.8 Å². The minimum absolute atomic E-state index is 0.0140. The van der Waals surface area contributed by atoms with Crippen LogP contribution in [-0.4, -0.2) is 18.0 Å². The van der Waals surface area contributed by atoms with Crippen LogP contribution < -0.4 is 0 Å². The van der Waals surface area contributed by atoms with Gasteiger partial charge in [-0.3, -0.25) is 4.79 Å². The molecule has 1 rings (SSSR count). The Hall–Kier alpha value is -0.890. The van der Waals surface area contributed by atoms with E-state index in [4.69, 9.17) is 0 Å². The third-order valence-corrected chi connectivity index (χ3v) is 2.95. The summed E-state index contributed by atoms with van der Waals surface area (Å²) in [5.74, 6) is 0.300. The highest BCUT2D eigenvalue weighted by Gasteiger charge is 2.17. The van der Waals surface area contributed by atoms with E-state index < -0.39 is 0 Å². The van der Waals surface area contributed by atoms with Crippen LogP contribution in [0, 0.1) is 5.92 Å². The first-order valence-electron chi connectivity index (χ1n) is 5.18. The maximum absolute atomic E-state index is 10.8. The molecule has 14 heavy (non-hydrogen) atoms. The van der Waals surface area contributed by atoms with Gasteiger partial charge in [0.1, 0.15) is 6.29 Å². The van der Waals surface area contributed by atoms with Gasteiger partial charge in [-0.2, -0.15) is 0 Å². The van der Waals surface area contributed by atoms with Crippen molar-refractivity contribution in [3.63, 3.8) is 0 Å². The van der Waals surface area contributed by atoms with Gasteiger partial charge in [0.05, 0.1) is 6.61 Å². The van der Waals surface area contributed by atoms with Crippen molar-refractivity contribution in [3.8, 4) is 0 Å². The molecule has 1 atom stereocenters. The molecule has 0 heterocycles. The molecule has 0 aromatic heterocycles. The number of allylic oxidation sites excluding steroid dienone is 3. The SMILES string of the molecule is CCC1=CCC(C=O)=C(CO)C(C)C1. The molecule has 0 aliphatic heterocycles. The summed E-state index contributed by atoms with van der Waals surface area (Å²) in [6.07, 6.45) is 5.71. The third kappa shape index (κ3) is 2.32. The lowest BCUT2D eigenvalue weighted by Crippen LogP contribution is -2.07. The first-order chi connectivity index (χ1) is 6.72. The molecule has 0 aromatic carbocycles. The molecule has 2 heteroatoms. The number of rotatable bonds is 3. The fourth-order valence-corrected chi connectivity index (χ4v) is 1.97. The Balaban J connectivity index is 2.94. The number of carbonyl (C=O) groups excluding carboxylic acids is 1. The van der Waals surface area contributed by atoms with Crippen LogP contribution >= 0.6 is 0 Å². The zero-order chi connectivity index (χ0) is 10.6. The van der Waals surface area contributed by atoms with Gasteiger partial charge in [-0.25, -0.2) is 0 Å². The molecular weight excluding hydrogens is 176 g/mol. The van der Waals surface area contributed by atoms with Crippen LogP contribution in [0.5, 0.6) is 0 Å². The summed E-state index contributed by atoms with van der Waals surface area (Å²) in [5, 5.41) is 9.21. The van der Waals surface area contributed by atoms with E-state index in [-0.39, 0.29) is 6.61 Å². The van der Waals surface area contributed by atoms with Crippen molar-refractivity contribution in [1.29, 1.82) is 0 Å². The zero-order valence-electron chi connectivity index (χ0n) is 8.92. The molecule has 0 fully saturated rings. The van der Waals surface area contributed by atoms with Gasteiger partial charge in [0.15, 0.2) is 0 Å². The Morgan fingerprint density at radius 2 is 2.36 bits per heavy atom. The number of carbonyl (C=O) groups is 1. The summed E-state index contributed by atoms with van der Waals surface area (Å²) < 4.78 is 0. The summed E-state index contributed by atoms with van der Waals surface area (Å²) in [4.78, 5) is 10.8. The molecule has 0 bridgehead atoms. The van der Waals surface area contributed by atoms with Gasteiger partial charge in [0.25, 0.3) is 0 Å². The molecule has 0 saturated heterocycles. The second kappa shape index (κ2) is 5.11. The molecule has 0 spiro atoms. The number of aliphatic hydroxyl groups is 1. The maximum atomic E-state index is 10.8. The van der Waals surface area contributed by atoms with Gasteiger partial charge in [-0.15, -0.1) is 0 Å². The third-order valence-electron chi connectivity index (χ3n) is 2.95. The lowest BCUT2D eigenvalue weighted by Gasteiger charge is -2.14. The van der Waals surface area contributed by atoms with Crippen LogP contribution in [0.1, 0.15) is 33.1 Å². The van der Waals surface area contributed by atoms with Crippen molar-refractivity contribution in [2.24, 2.45) is 5.92 Å². The molecule has 1 aliphatic rings. The van der Waals surface area contributed by atoms with Crippen LogP contribution in [-0.2, 0) is 4.79 Å². The van der Waals surface area contributed by atoms with E-state index in [1.165, 1.54) is 5.57 Å². The molecular formula is C12H18O2. The van der Waals surface area contributed by atoms with E-state index in [1.54, 1.807) is 0 Å². The summed E-state index contributed by atoms with van der Waals surface area (Å²) >= 11 is 0. The summed E-state index contributed by atoms with van der Waals surface area (Å²) in [6.45, 7) is 4.22. The van der Waals surface area contributed by atoms with E-state index in [0.717, 1.165) is 30.3 Å². The second-order valence-corrected chi connectivity index (χ2v) is 3.85. The van der Waals surface area contributed by atoms with Gasteiger partial charge in [0.2, 0.25) is 0 Å². The van der Waals surface area contributed by atoms with Crippen LogP contribution in [0.3, 0.4) is 0 Å². The number of hydrogen-bond acceptors (Lipinski definition) is 2. The second-order valence-electron chi connectivity index (χ2n) is 3.85. The normalized spacial score (nSPS) is 23.1. The Morgan fingerprint density at radius 1 is 1.64 bits per heavy atom. The molecule has 1 unspecified atom stereocenters. The average Bonchev–Trinajstić information content (AvgIpc) is 2.36. The van der Waals surface area contributed by atoms with E-state index in [0.29, 0.717) is 12.3 Å². The summed E-state index contributed by atoms with van der Waals surface area (Å²) in [5.41, 5.74) is 3.07. The molecule has 1 N–H and O–H groups in total. The number of hydrogen-bond donors (Lipinski definition) is 1.